The summed E-state index contributed by atoms with van der Waals surface area (Å²) >= 11 is 0. The molecule has 0 spiro atoms. The molecule has 22 rings (SSSR count). The largest absolute Gasteiger partial charge is 0.309 e. The van der Waals surface area contributed by atoms with E-state index in [4.69, 9.17) is 9.97 Å². The van der Waals surface area contributed by atoms with E-state index in [9.17, 15) is 0 Å². The molecule has 108 heavy (non-hydrogen) atoms. The van der Waals surface area contributed by atoms with Crippen molar-refractivity contribution in [1.29, 1.82) is 0 Å². The minimum Gasteiger partial charge on any atom is -0.309 e. The molecule has 5 nitrogen and oxygen atoms in total. The summed E-state index contributed by atoms with van der Waals surface area (Å²) in [4.78, 5) is 11.3. The molecule has 0 N–H and O–H groups in total. The molecular weight excluding hydrogens is 1310 g/mol. The highest BCUT2D eigenvalue weighted by Gasteiger charge is 2.39. The van der Waals surface area contributed by atoms with Gasteiger partial charge in [-0.3, -0.25) is 0 Å². The molecule has 3 aliphatic rings. The molecule has 3 aliphatic carbocycles. The van der Waals surface area contributed by atoms with Gasteiger partial charge in [0.05, 0.1) is 44.5 Å². The third-order valence-corrected chi connectivity index (χ3v) is 24.7. The van der Waals surface area contributed by atoms with Crippen LogP contribution in [0.5, 0.6) is 0 Å². The SMILES string of the molecule is CC1(C)c2ccccc2-c2ccc(-n3c4ccccc4c4ccc(-c5cccc(-c6cc(-c7cccc(-c8ccc9c%10ccccc%10n(-c%10ccc%11c(c%10)C(C)(C)c%10ccccc%10-%11)c9c8)c7)nc(-c7cccc(-c8ccc9c%10ccccc%10n(-c%10ccc%11c(c%10)C(C)(C)c%10ccccc%10-%11)c9c8)c7)n6)c5)cc43)cc21. The molecule has 4 aromatic heterocycles. The van der Waals surface area contributed by atoms with Gasteiger partial charge in [0.1, 0.15) is 0 Å². The molecule has 0 fully saturated rings. The Labute approximate surface area is 627 Å². The first-order chi connectivity index (χ1) is 52.8. The number of para-hydroxylation sites is 3. The average Bonchev–Trinajstić information content (AvgIpc) is 1.57. The van der Waals surface area contributed by atoms with Crippen LogP contribution in [0.1, 0.15) is 74.9 Å². The standard InChI is InChI=1S/C103H73N5/c1-101(2)86-34-13-7-28-74(86)77-49-43-71(58-89(77)101)106-94-37-16-10-31-80(94)83-46-40-65(55-97(83)106)62-22-19-25-68(52-62)92-61-93(69-26-20-23-63(53-69)66-41-47-84-81-32-11-17-38-95(81)107(98(84)56-66)72-44-50-78-75-29-8-14-35-87(75)102(3,4)90(78)59-72)105-100(104-92)70-27-21-24-64(54-70)67-42-48-85-82-33-12-18-39-96(82)108(99(85)57-67)73-45-51-79-76-30-9-15-36-88(76)103(5,6)91(79)60-73/h7-61H,1-6H3. The second-order valence-corrected chi connectivity index (χ2v) is 31.7. The number of hydrogen-bond donors (Lipinski definition) is 0. The first-order valence-electron chi connectivity index (χ1n) is 37.8. The maximum atomic E-state index is 5.64. The van der Waals surface area contributed by atoms with E-state index in [0.29, 0.717) is 5.82 Å². The molecule has 19 aromatic rings. The summed E-state index contributed by atoms with van der Waals surface area (Å²) in [6.07, 6.45) is 0. The highest BCUT2D eigenvalue weighted by molar-refractivity contribution is 6.13. The van der Waals surface area contributed by atoms with Crippen molar-refractivity contribution >= 4 is 65.4 Å². The van der Waals surface area contributed by atoms with Gasteiger partial charge in [0, 0.05) is 82.3 Å². The zero-order chi connectivity index (χ0) is 72.1. The lowest BCUT2D eigenvalue weighted by molar-refractivity contribution is 0.660. The Balaban J connectivity index is 0.680. The maximum absolute atomic E-state index is 5.64. The Morgan fingerprint density at radius 1 is 0.194 bits per heavy atom. The summed E-state index contributed by atoms with van der Waals surface area (Å²) < 4.78 is 7.41. The fourth-order valence-electron chi connectivity index (χ4n) is 19.2. The maximum Gasteiger partial charge on any atom is 0.160 e. The highest BCUT2D eigenvalue weighted by Crippen LogP contribution is 2.54. The molecule has 0 saturated carbocycles. The molecule has 15 aromatic carbocycles. The highest BCUT2D eigenvalue weighted by atomic mass is 15.0. The van der Waals surface area contributed by atoms with Crippen molar-refractivity contribution in [2.45, 2.75) is 57.8 Å². The van der Waals surface area contributed by atoms with Gasteiger partial charge in [-0.1, -0.05) is 278 Å². The number of rotatable bonds is 9. The van der Waals surface area contributed by atoms with E-state index < -0.39 is 0 Å². The molecular formula is C103H73N5. The lowest BCUT2D eigenvalue weighted by Crippen LogP contribution is -2.15. The Bertz CT molecular complexity index is 6420. The van der Waals surface area contributed by atoms with Crippen LogP contribution in [0, 0.1) is 0 Å². The first kappa shape index (κ1) is 62.2. The number of fused-ring (bicyclic) bond motifs is 18. The Kier molecular flexibility index (Phi) is 13.2. The number of hydrogen-bond acceptors (Lipinski definition) is 2. The summed E-state index contributed by atoms with van der Waals surface area (Å²) in [5.74, 6) is 0.648. The Morgan fingerprint density at radius 2 is 0.472 bits per heavy atom. The van der Waals surface area contributed by atoms with Gasteiger partial charge in [-0.05, 0) is 197 Å². The van der Waals surface area contributed by atoms with Crippen LogP contribution in [0.25, 0.3) is 183 Å². The van der Waals surface area contributed by atoms with Crippen molar-refractivity contribution in [3.05, 3.63) is 367 Å². The van der Waals surface area contributed by atoms with E-state index >= 15 is 0 Å². The minimum atomic E-state index is -0.138. The topological polar surface area (TPSA) is 40.6 Å². The quantitative estimate of drug-likeness (QED) is 0.144. The van der Waals surface area contributed by atoms with Crippen LogP contribution in [0.4, 0.5) is 0 Å². The van der Waals surface area contributed by atoms with Gasteiger partial charge in [0.2, 0.25) is 0 Å². The van der Waals surface area contributed by atoms with Crippen molar-refractivity contribution in [2.24, 2.45) is 0 Å². The third kappa shape index (κ3) is 9.12. The minimum absolute atomic E-state index is 0.137. The predicted octanol–water partition coefficient (Wildman–Crippen LogP) is 26.7. The predicted molar refractivity (Wildman–Crippen MR) is 450 cm³/mol. The van der Waals surface area contributed by atoms with Crippen LogP contribution in [0.15, 0.2) is 334 Å². The third-order valence-electron chi connectivity index (χ3n) is 24.7. The van der Waals surface area contributed by atoms with Crippen molar-refractivity contribution in [1.82, 2.24) is 23.7 Å². The summed E-state index contributed by atoms with van der Waals surface area (Å²) in [7, 11) is 0. The fraction of sp³-hybridized carbons (Fsp3) is 0.0874. The van der Waals surface area contributed by atoms with Crippen LogP contribution in [0.2, 0.25) is 0 Å². The van der Waals surface area contributed by atoms with Crippen molar-refractivity contribution in [2.75, 3.05) is 0 Å². The summed E-state index contributed by atoms with van der Waals surface area (Å²) in [5.41, 5.74) is 37.4. The van der Waals surface area contributed by atoms with Gasteiger partial charge < -0.3 is 13.7 Å². The molecule has 4 heterocycles. The van der Waals surface area contributed by atoms with Crippen LogP contribution in [-0.4, -0.2) is 23.7 Å². The summed E-state index contributed by atoms with van der Waals surface area (Å²) in [6, 6.07) is 124. The van der Waals surface area contributed by atoms with Gasteiger partial charge in [0.15, 0.2) is 5.82 Å². The Hall–Kier alpha value is -13.2. The lowest BCUT2D eigenvalue weighted by Gasteiger charge is -2.22. The second-order valence-electron chi connectivity index (χ2n) is 31.7. The van der Waals surface area contributed by atoms with Gasteiger partial charge in [-0.15, -0.1) is 0 Å². The normalized spacial score (nSPS) is 14.1. The molecule has 510 valence electrons. The van der Waals surface area contributed by atoms with Crippen LogP contribution in [-0.2, 0) is 16.2 Å². The molecule has 5 heteroatoms. The second kappa shape index (κ2) is 22.9. The summed E-state index contributed by atoms with van der Waals surface area (Å²) in [5, 5.41) is 7.34. The molecule has 0 bridgehead atoms. The lowest BCUT2D eigenvalue weighted by atomic mass is 9.82. The smallest absolute Gasteiger partial charge is 0.160 e. The average molecular weight is 1380 g/mol. The summed E-state index contributed by atoms with van der Waals surface area (Å²) in [6.45, 7) is 14.2. The Morgan fingerprint density at radius 3 is 0.833 bits per heavy atom. The molecule has 0 atom stereocenters. The van der Waals surface area contributed by atoms with Crippen molar-refractivity contribution < 1.29 is 0 Å². The molecule has 0 aliphatic heterocycles. The van der Waals surface area contributed by atoms with Crippen LogP contribution < -0.4 is 0 Å². The fourth-order valence-corrected chi connectivity index (χ4v) is 19.2. The zero-order valence-electron chi connectivity index (χ0n) is 61.0. The van der Waals surface area contributed by atoms with E-state index in [-0.39, 0.29) is 16.2 Å². The van der Waals surface area contributed by atoms with Gasteiger partial charge in [0.25, 0.3) is 0 Å². The molecule has 0 radical (unpaired) electrons. The van der Waals surface area contributed by atoms with Crippen molar-refractivity contribution in [3.8, 4) is 118 Å². The van der Waals surface area contributed by atoms with Crippen molar-refractivity contribution in [3.63, 3.8) is 0 Å². The monoisotopic (exact) mass is 1380 g/mol. The van der Waals surface area contributed by atoms with Crippen LogP contribution in [0.3, 0.4) is 0 Å². The van der Waals surface area contributed by atoms with Gasteiger partial charge >= 0.3 is 0 Å². The zero-order valence-corrected chi connectivity index (χ0v) is 61.0. The van der Waals surface area contributed by atoms with E-state index in [1.54, 1.807) is 0 Å². The van der Waals surface area contributed by atoms with Crippen LogP contribution >= 0.6 is 0 Å². The van der Waals surface area contributed by atoms with E-state index in [1.165, 1.54) is 116 Å². The molecule has 0 amide bonds. The number of nitrogens with zero attached hydrogens (tertiary/aromatic N) is 5. The van der Waals surface area contributed by atoms with E-state index in [2.05, 4.69) is 389 Å². The van der Waals surface area contributed by atoms with Gasteiger partial charge in [-0.2, -0.15) is 0 Å². The number of benzene rings is 15. The van der Waals surface area contributed by atoms with E-state index in [0.717, 1.165) is 95.1 Å². The first-order valence-corrected chi connectivity index (χ1v) is 37.8. The molecule has 0 saturated heterocycles. The van der Waals surface area contributed by atoms with Gasteiger partial charge in [-0.25, -0.2) is 9.97 Å². The number of aromatic nitrogens is 5. The molecule has 0 unspecified atom stereocenters. The van der Waals surface area contributed by atoms with E-state index in [1.807, 2.05) is 0 Å².